The van der Waals surface area contributed by atoms with Crippen molar-refractivity contribution >= 4 is 17.7 Å². The highest BCUT2D eigenvalue weighted by Crippen LogP contribution is 2.52. The molecule has 3 rings (SSSR count). The molecule has 0 spiro atoms. The molecule has 2 aliphatic carbocycles. The molecule has 20 heavy (non-hydrogen) atoms. The highest BCUT2D eigenvalue weighted by Gasteiger charge is 2.59. The maximum absolute atomic E-state index is 12.3. The van der Waals surface area contributed by atoms with Crippen LogP contribution in [0.1, 0.15) is 6.42 Å². The number of amides is 3. The molecule has 0 aromatic rings. The lowest BCUT2D eigenvalue weighted by molar-refractivity contribution is -0.144. The summed E-state index contributed by atoms with van der Waals surface area (Å²) in [6.45, 7) is 0.617. The van der Waals surface area contributed by atoms with Crippen molar-refractivity contribution in [2.24, 2.45) is 23.7 Å². The van der Waals surface area contributed by atoms with Crippen LogP contribution in [-0.2, 0) is 19.1 Å². The van der Waals surface area contributed by atoms with Crippen LogP contribution in [0.25, 0.3) is 0 Å². The standard InChI is InChI=1S/C14H18N2O4/c1-20-5-4-15-10(17)7-16-13(18)11-8-2-3-9(6-8)12(11)14(16)19/h2-3,8-9,11-12H,4-7H2,1H3,(H,15,17). The second-order valence-corrected chi connectivity index (χ2v) is 5.61. The van der Waals surface area contributed by atoms with Crippen molar-refractivity contribution in [2.45, 2.75) is 6.42 Å². The van der Waals surface area contributed by atoms with Crippen molar-refractivity contribution in [3.8, 4) is 0 Å². The van der Waals surface area contributed by atoms with Crippen molar-refractivity contribution in [3.63, 3.8) is 0 Å². The third kappa shape index (κ3) is 1.95. The molecule has 3 aliphatic rings. The van der Waals surface area contributed by atoms with E-state index in [0.717, 1.165) is 11.3 Å². The topological polar surface area (TPSA) is 75.7 Å². The predicted molar refractivity (Wildman–Crippen MR) is 69.3 cm³/mol. The Morgan fingerprint density at radius 3 is 2.45 bits per heavy atom. The quantitative estimate of drug-likeness (QED) is 0.420. The first-order chi connectivity index (χ1) is 9.63. The number of ether oxygens (including phenoxy) is 1. The molecule has 1 aliphatic heterocycles. The van der Waals surface area contributed by atoms with Gasteiger partial charge in [0.25, 0.3) is 0 Å². The van der Waals surface area contributed by atoms with Gasteiger partial charge >= 0.3 is 0 Å². The Kier molecular flexibility index (Phi) is 3.33. The number of carbonyl (C=O) groups is 3. The molecule has 0 aromatic carbocycles. The molecule has 4 unspecified atom stereocenters. The largest absolute Gasteiger partial charge is 0.383 e. The van der Waals surface area contributed by atoms with Crippen molar-refractivity contribution < 1.29 is 19.1 Å². The first-order valence-electron chi connectivity index (χ1n) is 6.92. The normalized spacial score (nSPS) is 34.0. The van der Waals surface area contributed by atoms with E-state index in [0.29, 0.717) is 13.2 Å². The zero-order valence-electron chi connectivity index (χ0n) is 11.4. The lowest BCUT2D eigenvalue weighted by Crippen LogP contribution is -2.42. The van der Waals surface area contributed by atoms with Gasteiger partial charge in [-0.15, -0.1) is 0 Å². The summed E-state index contributed by atoms with van der Waals surface area (Å²) < 4.78 is 4.83. The van der Waals surface area contributed by atoms with Gasteiger partial charge in [0.15, 0.2) is 0 Å². The molecule has 4 atom stereocenters. The molecule has 1 saturated heterocycles. The second-order valence-electron chi connectivity index (χ2n) is 5.61. The Bertz CT molecular complexity index is 458. The second kappa shape index (κ2) is 5.01. The first-order valence-corrected chi connectivity index (χ1v) is 6.92. The number of fused-ring (bicyclic) bond motifs is 5. The number of carbonyl (C=O) groups excluding carboxylic acids is 3. The number of methoxy groups -OCH3 is 1. The average Bonchev–Trinajstić information content (AvgIpc) is 3.09. The van der Waals surface area contributed by atoms with Crippen LogP contribution in [0.5, 0.6) is 0 Å². The van der Waals surface area contributed by atoms with E-state index >= 15 is 0 Å². The number of imide groups is 1. The van der Waals surface area contributed by atoms with Crippen molar-refractivity contribution in [2.75, 3.05) is 26.8 Å². The Hall–Kier alpha value is -1.69. The number of hydrogen-bond acceptors (Lipinski definition) is 4. The van der Waals surface area contributed by atoms with Crippen LogP contribution in [0.15, 0.2) is 12.2 Å². The molecule has 1 saturated carbocycles. The molecule has 108 valence electrons. The van der Waals surface area contributed by atoms with E-state index in [2.05, 4.69) is 5.32 Å². The minimum atomic E-state index is -0.316. The van der Waals surface area contributed by atoms with Gasteiger partial charge in [-0.1, -0.05) is 12.2 Å². The van der Waals surface area contributed by atoms with Crippen LogP contribution in [0.2, 0.25) is 0 Å². The number of allylic oxidation sites excluding steroid dienone is 2. The van der Waals surface area contributed by atoms with Crippen molar-refractivity contribution in [3.05, 3.63) is 12.2 Å². The maximum Gasteiger partial charge on any atom is 0.240 e. The lowest BCUT2D eigenvalue weighted by atomic mass is 9.85. The molecule has 6 nitrogen and oxygen atoms in total. The molecule has 1 heterocycles. The number of hydrogen-bond donors (Lipinski definition) is 1. The van der Waals surface area contributed by atoms with Gasteiger partial charge in [0.1, 0.15) is 6.54 Å². The van der Waals surface area contributed by atoms with E-state index in [-0.39, 0.29) is 47.9 Å². The Morgan fingerprint density at radius 2 is 1.90 bits per heavy atom. The summed E-state index contributed by atoms with van der Waals surface area (Å²) in [6, 6.07) is 0. The van der Waals surface area contributed by atoms with Crippen molar-refractivity contribution in [1.29, 1.82) is 0 Å². The van der Waals surface area contributed by atoms with Gasteiger partial charge in [-0.3, -0.25) is 19.3 Å². The zero-order valence-corrected chi connectivity index (χ0v) is 11.4. The molecule has 6 heteroatoms. The fraction of sp³-hybridized carbons (Fsp3) is 0.643. The maximum atomic E-state index is 12.3. The summed E-state index contributed by atoms with van der Waals surface area (Å²) in [4.78, 5) is 37.5. The summed E-state index contributed by atoms with van der Waals surface area (Å²) >= 11 is 0. The van der Waals surface area contributed by atoms with E-state index in [1.165, 1.54) is 0 Å². The van der Waals surface area contributed by atoms with Gasteiger partial charge in [-0.05, 0) is 18.3 Å². The van der Waals surface area contributed by atoms with Crippen LogP contribution in [0, 0.1) is 23.7 Å². The van der Waals surface area contributed by atoms with Gasteiger partial charge in [-0.25, -0.2) is 0 Å². The average molecular weight is 278 g/mol. The monoisotopic (exact) mass is 278 g/mol. The minimum absolute atomic E-state index is 0.173. The van der Waals surface area contributed by atoms with E-state index in [1.807, 2.05) is 12.2 Å². The first kappa shape index (κ1) is 13.3. The van der Waals surface area contributed by atoms with Gasteiger partial charge in [0.05, 0.1) is 18.4 Å². The molecule has 2 bridgehead atoms. The molecule has 2 fully saturated rings. The predicted octanol–water partition coefficient (Wildman–Crippen LogP) is -0.444. The van der Waals surface area contributed by atoms with Gasteiger partial charge in [0.2, 0.25) is 17.7 Å². The van der Waals surface area contributed by atoms with Gasteiger partial charge in [0, 0.05) is 13.7 Å². The highest BCUT2D eigenvalue weighted by molar-refractivity contribution is 6.08. The molecular weight excluding hydrogens is 260 g/mol. The minimum Gasteiger partial charge on any atom is -0.383 e. The Morgan fingerprint density at radius 1 is 1.30 bits per heavy atom. The Labute approximate surface area is 117 Å². The summed E-state index contributed by atoms with van der Waals surface area (Å²) in [7, 11) is 1.55. The SMILES string of the molecule is COCCNC(=O)CN1C(=O)C2C3C=CC(C3)C2C1=O. The van der Waals surface area contributed by atoms with Crippen LogP contribution in [0.4, 0.5) is 0 Å². The third-order valence-electron chi connectivity index (χ3n) is 4.49. The van der Waals surface area contributed by atoms with E-state index in [1.54, 1.807) is 7.11 Å². The molecular formula is C14H18N2O4. The van der Waals surface area contributed by atoms with Crippen LogP contribution >= 0.6 is 0 Å². The van der Waals surface area contributed by atoms with Crippen LogP contribution in [-0.4, -0.2) is 49.4 Å². The summed E-state index contributed by atoms with van der Waals surface area (Å²) in [5.74, 6) is -0.777. The molecule has 0 aromatic heterocycles. The third-order valence-corrected chi connectivity index (χ3v) is 4.49. The number of nitrogens with one attached hydrogen (secondary N) is 1. The highest BCUT2D eigenvalue weighted by atomic mass is 16.5. The molecule has 0 radical (unpaired) electrons. The smallest absolute Gasteiger partial charge is 0.240 e. The van der Waals surface area contributed by atoms with E-state index in [9.17, 15) is 14.4 Å². The number of likely N-dealkylation sites (tertiary alicyclic amines) is 1. The van der Waals surface area contributed by atoms with E-state index in [4.69, 9.17) is 4.74 Å². The zero-order chi connectivity index (χ0) is 14.3. The van der Waals surface area contributed by atoms with Gasteiger partial charge < -0.3 is 10.1 Å². The van der Waals surface area contributed by atoms with Gasteiger partial charge in [-0.2, -0.15) is 0 Å². The summed E-state index contributed by atoms with van der Waals surface area (Å²) in [5, 5.41) is 2.63. The summed E-state index contributed by atoms with van der Waals surface area (Å²) in [5.41, 5.74) is 0. The fourth-order valence-corrected chi connectivity index (χ4v) is 3.61. The van der Waals surface area contributed by atoms with Crippen molar-refractivity contribution in [1.82, 2.24) is 10.2 Å². The number of rotatable bonds is 5. The van der Waals surface area contributed by atoms with Crippen LogP contribution in [0.3, 0.4) is 0 Å². The van der Waals surface area contributed by atoms with E-state index < -0.39 is 0 Å². The fourth-order valence-electron chi connectivity index (χ4n) is 3.61. The Balaban J connectivity index is 1.63. The molecule has 1 N–H and O–H groups in total. The lowest BCUT2D eigenvalue weighted by Gasteiger charge is -2.16. The summed E-state index contributed by atoms with van der Waals surface area (Å²) in [6.07, 6.45) is 4.99. The molecule has 3 amide bonds. The van der Waals surface area contributed by atoms with Crippen LogP contribution < -0.4 is 5.32 Å². The number of nitrogens with zero attached hydrogens (tertiary/aromatic N) is 1.